The topological polar surface area (TPSA) is 59.1 Å². The second-order valence-corrected chi connectivity index (χ2v) is 11.2. The summed E-state index contributed by atoms with van der Waals surface area (Å²) in [6.45, 7) is 4.33. The van der Waals surface area contributed by atoms with Crippen LogP contribution in [-0.4, -0.2) is 57.5 Å². The Hall–Kier alpha value is -2.49. The summed E-state index contributed by atoms with van der Waals surface area (Å²) >= 11 is 6.09. The van der Waals surface area contributed by atoms with Crippen LogP contribution in [0, 0.1) is 12.7 Å². The number of sulfonamides is 1. The van der Waals surface area contributed by atoms with Crippen LogP contribution in [0.2, 0.25) is 5.02 Å². The van der Waals surface area contributed by atoms with E-state index in [1.807, 2.05) is 48.5 Å². The first kappa shape index (κ1) is 26.6. The Morgan fingerprint density at radius 3 is 2.39 bits per heavy atom. The van der Waals surface area contributed by atoms with Crippen LogP contribution in [-0.2, 0) is 21.4 Å². The molecule has 0 saturated carbocycles. The maximum atomic E-state index is 14.0. The Morgan fingerprint density at radius 1 is 1.00 bits per heavy atom. The minimum atomic E-state index is -3.75. The van der Waals surface area contributed by atoms with Crippen molar-refractivity contribution in [3.05, 3.63) is 94.3 Å². The lowest BCUT2D eigenvalue weighted by Crippen LogP contribution is -2.49. The van der Waals surface area contributed by atoms with Crippen molar-refractivity contribution in [1.29, 1.82) is 0 Å². The fraction of sp³-hybridized carbons (Fsp3) is 0.333. The smallest absolute Gasteiger partial charge is 0.243 e. The highest BCUT2D eigenvalue weighted by atomic mass is 35.5. The summed E-state index contributed by atoms with van der Waals surface area (Å²) < 4.78 is 53.1. The Kier molecular flexibility index (Phi) is 8.64. The van der Waals surface area contributed by atoms with Crippen LogP contribution in [0.1, 0.15) is 22.8 Å². The highest BCUT2D eigenvalue weighted by Gasteiger charge is 2.30. The maximum Gasteiger partial charge on any atom is 0.243 e. The van der Waals surface area contributed by atoms with Crippen molar-refractivity contribution in [2.24, 2.45) is 0 Å². The van der Waals surface area contributed by atoms with E-state index in [0.29, 0.717) is 49.9 Å². The fourth-order valence-electron chi connectivity index (χ4n) is 4.16. The minimum Gasteiger partial charge on any atom is -0.497 e. The first-order valence-electron chi connectivity index (χ1n) is 11.7. The van der Waals surface area contributed by atoms with Crippen molar-refractivity contribution in [2.45, 2.75) is 24.5 Å². The van der Waals surface area contributed by atoms with Crippen LogP contribution in [0.25, 0.3) is 0 Å². The quantitative estimate of drug-likeness (QED) is 0.385. The molecule has 6 nitrogen and oxygen atoms in total. The third-order valence-corrected chi connectivity index (χ3v) is 8.51. The second kappa shape index (κ2) is 11.7. The van der Waals surface area contributed by atoms with Gasteiger partial charge in [-0.15, -0.1) is 0 Å². The Bertz CT molecular complexity index is 1280. The van der Waals surface area contributed by atoms with E-state index in [-0.39, 0.29) is 11.0 Å². The number of aryl methyl sites for hydroxylation is 1. The predicted molar refractivity (Wildman–Crippen MR) is 138 cm³/mol. The van der Waals surface area contributed by atoms with Crippen molar-refractivity contribution in [3.63, 3.8) is 0 Å². The average molecular weight is 533 g/mol. The first-order chi connectivity index (χ1) is 17.3. The van der Waals surface area contributed by atoms with Gasteiger partial charge >= 0.3 is 0 Å². The summed E-state index contributed by atoms with van der Waals surface area (Å²) in [4.78, 5) is 2.17. The highest BCUT2D eigenvalue weighted by Crippen LogP contribution is 2.25. The summed E-state index contributed by atoms with van der Waals surface area (Å²) in [6.07, 6.45) is -0.234. The van der Waals surface area contributed by atoms with Crippen molar-refractivity contribution >= 4 is 21.6 Å². The Morgan fingerprint density at radius 2 is 1.72 bits per heavy atom. The highest BCUT2D eigenvalue weighted by molar-refractivity contribution is 7.89. The van der Waals surface area contributed by atoms with Gasteiger partial charge in [0.25, 0.3) is 0 Å². The van der Waals surface area contributed by atoms with Gasteiger partial charge in [-0.3, -0.25) is 4.90 Å². The lowest BCUT2D eigenvalue weighted by molar-refractivity contribution is 0.00767. The Balaban J connectivity index is 1.42. The molecule has 192 valence electrons. The van der Waals surface area contributed by atoms with Crippen molar-refractivity contribution in [1.82, 2.24) is 9.21 Å². The van der Waals surface area contributed by atoms with Crippen molar-refractivity contribution in [2.75, 3.05) is 39.8 Å². The molecule has 0 spiro atoms. The van der Waals surface area contributed by atoms with Crippen molar-refractivity contribution < 1.29 is 22.3 Å². The van der Waals surface area contributed by atoms with Crippen LogP contribution >= 0.6 is 11.6 Å². The predicted octanol–water partition coefficient (Wildman–Crippen LogP) is 5.06. The molecule has 36 heavy (non-hydrogen) atoms. The summed E-state index contributed by atoms with van der Waals surface area (Å²) in [5.41, 5.74) is 2.41. The molecule has 1 aliphatic rings. The number of hydrogen-bond acceptors (Lipinski definition) is 5. The molecule has 0 bridgehead atoms. The average Bonchev–Trinajstić information content (AvgIpc) is 2.89. The number of halogens is 2. The largest absolute Gasteiger partial charge is 0.497 e. The number of nitrogens with zero attached hydrogens (tertiary/aromatic N) is 2. The van der Waals surface area contributed by atoms with Gasteiger partial charge < -0.3 is 9.47 Å². The molecule has 0 N–H and O–H groups in total. The molecule has 1 heterocycles. The summed E-state index contributed by atoms with van der Waals surface area (Å²) in [5.74, 6) is 0.249. The van der Waals surface area contributed by atoms with Crippen LogP contribution < -0.4 is 4.74 Å². The van der Waals surface area contributed by atoms with E-state index in [2.05, 4.69) is 4.90 Å². The number of hydrogen-bond donors (Lipinski definition) is 0. The number of benzene rings is 3. The zero-order valence-electron chi connectivity index (χ0n) is 20.4. The number of methoxy groups -OCH3 is 1. The number of ether oxygens (including phenoxy) is 2. The van der Waals surface area contributed by atoms with E-state index in [0.717, 1.165) is 22.9 Å². The van der Waals surface area contributed by atoms with Gasteiger partial charge in [0, 0.05) is 37.7 Å². The molecule has 3 aromatic rings. The SMILES string of the molecule is COc1cccc(COC(CN2CCN(S(=O)(=O)c3ccc(C)c(F)c3)CC2)c2ccc(Cl)cc2)c1. The lowest BCUT2D eigenvalue weighted by atomic mass is 10.1. The molecule has 0 aromatic heterocycles. The molecule has 9 heteroatoms. The molecule has 1 saturated heterocycles. The molecule has 1 fully saturated rings. The van der Waals surface area contributed by atoms with Gasteiger partial charge in [0.15, 0.2) is 0 Å². The molecular formula is C27H30ClFN2O4S. The van der Waals surface area contributed by atoms with E-state index >= 15 is 0 Å². The molecular weight excluding hydrogens is 503 g/mol. The van der Waals surface area contributed by atoms with Gasteiger partial charge in [-0.1, -0.05) is 41.9 Å². The lowest BCUT2D eigenvalue weighted by Gasteiger charge is -2.36. The van der Waals surface area contributed by atoms with E-state index in [9.17, 15) is 12.8 Å². The molecule has 4 rings (SSSR count). The number of rotatable bonds is 9. The molecule has 1 unspecified atom stereocenters. The van der Waals surface area contributed by atoms with Gasteiger partial charge in [-0.2, -0.15) is 4.31 Å². The molecule has 1 aliphatic heterocycles. The standard InChI is InChI=1S/C27H30ClFN2O4S/c1-20-6-11-25(17-26(20)29)36(32,33)31-14-12-30(13-15-31)18-27(22-7-9-23(28)10-8-22)35-19-21-4-3-5-24(16-21)34-2/h3-11,16-17,27H,12-15,18-19H2,1-2H3. The van der Waals surface area contributed by atoms with Gasteiger partial charge in [-0.05, 0) is 60.0 Å². The van der Waals surface area contributed by atoms with Gasteiger partial charge in [0.2, 0.25) is 10.0 Å². The van der Waals surface area contributed by atoms with Crippen LogP contribution in [0.3, 0.4) is 0 Å². The third-order valence-electron chi connectivity index (χ3n) is 6.36. The molecule has 1 atom stereocenters. The van der Waals surface area contributed by atoms with E-state index in [4.69, 9.17) is 21.1 Å². The normalized spacial score (nSPS) is 16.1. The summed E-state index contributed by atoms with van der Waals surface area (Å²) in [6, 6.07) is 19.4. The molecule has 0 amide bonds. The first-order valence-corrected chi connectivity index (χ1v) is 13.6. The van der Waals surface area contributed by atoms with E-state index in [1.54, 1.807) is 14.0 Å². The summed E-state index contributed by atoms with van der Waals surface area (Å²) in [7, 11) is -2.12. The minimum absolute atomic E-state index is 0.0142. The van der Waals surface area contributed by atoms with Crippen LogP contribution in [0.5, 0.6) is 5.75 Å². The second-order valence-electron chi connectivity index (χ2n) is 8.82. The Labute approximate surface area is 217 Å². The van der Waals surface area contributed by atoms with Crippen LogP contribution in [0.15, 0.2) is 71.6 Å². The zero-order valence-corrected chi connectivity index (χ0v) is 21.9. The monoisotopic (exact) mass is 532 g/mol. The molecule has 3 aromatic carbocycles. The van der Waals surface area contributed by atoms with Gasteiger partial charge in [0.1, 0.15) is 11.6 Å². The van der Waals surface area contributed by atoms with Gasteiger partial charge in [0.05, 0.1) is 24.7 Å². The fourth-order valence-corrected chi connectivity index (χ4v) is 5.72. The molecule has 0 aliphatic carbocycles. The summed E-state index contributed by atoms with van der Waals surface area (Å²) in [5, 5.41) is 0.650. The van der Waals surface area contributed by atoms with Crippen LogP contribution in [0.4, 0.5) is 4.39 Å². The number of piperazine rings is 1. The van der Waals surface area contributed by atoms with Gasteiger partial charge in [-0.25, -0.2) is 12.8 Å². The zero-order chi connectivity index (χ0) is 25.7. The van der Waals surface area contributed by atoms with E-state index in [1.165, 1.54) is 16.4 Å². The van der Waals surface area contributed by atoms with Crippen molar-refractivity contribution in [3.8, 4) is 5.75 Å². The maximum absolute atomic E-state index is 14.0. The molecule has 0 radical (unpaired) electrons. The van der Waals surface area contributed by atoms with E-state index < -0.39 is 15.8 Å². The third kappa shape index (κ3) is 6.44.